The van der Waals surface area contributed by atoms with Gasteiger partial charge < -0.3 is 20.3 Å². The minimum atomic E-state index is -0.327. The summed E-state index contributed by atoms with van der Waals surface area (Å²) >= 11 is 0. The first-order valence-corrected chi connectivity index (χ1v) is 11.6. The molecular formula is C28H31N3O3. The topological polar surface area (TPSA) is 70.7 Å². The standard InChI is InChI=1S/C28H31N3O3/c1-19-9-10-25(15-20(19)2)30-28(33)31-17-22(21-7-5-4-6-8-21)16-23(18-31)27(32)29-24-11-13-26(34-3)14-12-24/h4-15,22-23H,16-18H2,1-3H3,(H,29,32)(H,30,33). The van der Waals surface area contributed by atoms with Crippen LogP contribution in [-0.4, -0.2) is 37.0 Å². The van der Waals surface area contributed by atoms with Crippen LogP contribution in [0.15, 0.2) is 72.8 Å². The van der Waals surface area contributed by atoms with E-state index >= 15 is 0 Å². The fourth-order valence-corrected chi connectivity index (χ4v) is 4.36. The zero-order valence-corrected chi connectivity index (χ0v) is 19.9. The Morgan fingerprint density at radius 3 is 2.24 bits per heavy atom. The fraction of sp³-hybridized carbons (Fsp3) is 0.286. The molecule has 0 aromatic heterocycles. The first-order valence-electron chi connectivity index (χ1n) is 11.6. The van der Waals surface area contributed by atoms with Crippen LogP contribution in [-0.2, 0) is 4.79 Å². The number of hydrogen-bond acceptors (Lipinski definition) is 3. The molecule has 3 aromatic carbocycles. The second kappa shape index (κ2) is 10.4. The molecule has 6 nitrogen and oxygen atoms in total. The number of amides is 3. The van der Waals surface area contributed by atoms with Crippen LogP contribution in [0.25, 0.3) is 0 Å². The number of nitrogens with one attached hydrogen (secondary N) is 2. The molecule has 0 aliphatic carbocycles. The van der Waals surface area contributed by atoms with E-state index in [0.29, 0.717) is 25.2 Å². The van der Waals surface area contributed by atoms with Gasteiger partial charge in [-0.25, -0.2) is 4.79 Å². The Morgan fingerprint density at radius 1 is 0.853 bits per heavy atom. The number of carbonyl (C=O) groups is 2. The molecule has 2 atom stereocenters. The van der Waals surface area contributed by atoms with E-state index in [4.69, 9.17) is 4.74 Å². The van der Waals surface area contributed by atoms with Crippen molar-refractivity contribution >= 4 is 23.3 Å². The van der Waals surface area contributed by atoms with E-state index in [9.17, 15) is 9.59 Å². The lowest BCUT2D eigenvalue weighted by Gasteiger charge is -2.37. The molecule has 0 bridgehead atoms. The largest absolute Gasteiger partial charge is 0.497 e. The van der Waals surface area contributed by atoms with E-state index in [2.05, 4.69) is 22.8 Å². The molecule has 1 fully saturated rings. The van der Waals surface area contributed by atoms with Gasteiger partial charge in [0.25, 0.3) is 0 Å². The van der Waals surface area contributed by atoms with Gasteiger partial charge in [-0.15, -0.1) is 0 Å². The third kappa shape index (κ3) is 5.57. The minimum Gasteiger partial charge on any atom is -0.497 e. The molecule has 1 saturated heterocycles. The highest BCUT2D eigenvalue weighted by Crippen LogP contribution is 2.31. The number of ether oxygens (including phenoxy) is 1. The van der Waals surface area contributed by atoms with Gasteiger partial charge in [0.15, 0.2) is 0 Å². The third-order valence-corrected chi connectivity index (χ3v) is 6.50. The van der Waals surface area contributed by atoms with Crippen molar-refractivity contribution < 1.29 is 14.3 Å². The van der Waals surface area contributed by atoms with Crippen LogP contribution >= 0.6 is 0 Å². The van der Waals surface area contributed by atoms with Gasteiger partial charge in [0.05, 0.1) is 13.0 Å². The van der Waals surface area contributed by atoms with E-state index in [1.807, 2.05) is 74.5 Å². The zero-order chi connectivity index (χ0) is 24.1. The van der Waals surface area contributed by atoms with E-state index in [-0.39, 0.29) is 23.8 Å². The molecule has 0 radical (unpaired) electrons. The molecule has 1 heterocycles. The zero-order valence-electron chi connectivity index (χ0n) is 19.9. The summed E-state index contributed by atoms with van der Waals surface area (Å²) < 4.78 is 5.19. The van der Waals surface area contributed by atoms with E-state index in [1.54, 1.807) is 12.0 Å². The Hall–Kier alpha value is -3.80. The third-order valence-electron chi connectivity index (χ3n) is 6.50. The Bertz CT molecular complexity index is 1150. The van der Waals surface area contributed by atoms with Crippen molar-refractivity contribution in [3.05, 3.63) is 89.5 Å². The number of anilines is 2. The maximum Gasteiger partial charge on any atom is 0.321 e. The molecule has 1 aliphatic heterocycles. The summed E-state index contributed by atoms with van der Waals surface area (Å²) in [4.78, 5) is 28.2. The number of benzene rings is 3. The smallest absolute Gasteiger partial charge is 0.321 e. The minimum absolute atomic E-state index is 0.0760. The highest BCUT2D eigenvalue weighted by atomic mass is 16.5. The second-order valence-electron chi connectivity index (χ2n) is 8.89. The average molecular weight is 458 g/mol. The van der Waals surface area contributed by atoms with Gasteiger partial charge in [-0.05, 0) is 73.4 Å². The van der Waals surface area contributed by atoms with Crippen molar-refractivity contribution in [1.29, 1.82) is 0 Å². The van der Waals surface area contributed by atoms with Crippen molar-refractivity contribution in [3.63, 3.8) is 0 Å². The van der Waals surface area contributed by atoms with E-state index in [0.717, 1.165) is 22.6 Å². The number of likely N-dealkylation sites (tertiary alicyclic amines) is 1. The molecule has 1 aliphatic rings. The maximum atomic E-state index is 13.2. The summed E-state index contributed by atoms with van der Waals surface area (Å²) in [5.41, 5.74) is 4.90. The second-order valence-corrected chi connectivity index (χ2v) is 8.89. The van der Waals surface area contributed by atoms with Gasteiger partial charge >= 0.3 is 6.03 Å². The summed E-state index contributed by atoms with van der Waals surface area (Å²) in [7, 11) is 1.61. The van der Waals surface area contributed by atoms with Crippen LogP contribution in [0.3, 0.4) is 0 Å². The molecule has 3 amide bonds. The Morgan fingerprint density at radius 2 is 1.56 bits per heavy atom. The molecule has 0 saturated carbocycles. The normalized spacial score (nSPS) is 17.7. The van der Waals surface area contributed by atoms with E-state index in [1.165, 1.54) is 5.56 Å². The highest BCUT2D eigenvalue weighted by Gasteiger charge is 2.34. The molecule has 3 aromatic rings. The monoisotopic (exact) mass is 457 g/mol. The molecule has 0 spiro atoms. The lowest BCUT2D eigenvalue weighted by Crippen LogP contribution is -2.48. The number of carbonyl (C=O) groups excluding carboxylic acids is 2. The summed E-state index contributed by atoms with van der Waals surface area (Å²) in [6, 6.07) is 23.0. The Balaban J connectivity index is 1.51. The highest BCUT2D eigenvalue weighted by molar-refractivity contribution is 5.94. The van der Waals surface area contributed by atoms with Gasteiger partial charge in [-0.3, -0.25) is 4.79 Å². The van der Waals surface area contributed by atoms with Crippen molar-refractivity contribution in [3.8, 4) is 5.75 Å². The maximum absolute atomic E-state index is 13.2. The molecule has 2 N–H and O–H groups in total. The number of rotatable bonds is 5. The molecular weight excluding hydrogens is 426 g/mol. The molecule has 6 heteroatoms. The van der Waals surface area contributed by atoms with Crippen LogP contribution in [0.5, 0.6) is 5.75 Å². The number of methoxy groups -OCH3 is 1. The summed E-state index contributed by atoms with van der Waals surface area (Å²) in [5, 5.41) is 6.02. The SMILES string of the molecule is COc1ccc(NC(=O)C2CC(c3ccccc3)CN(C(=O)Nc3ccc(C)c(C)c3)C2)cc1. The first-order chi connectivity index (χ1) is 16.4. The lowest BCUT2D eigenvalue weighted by molar-refractivity contribution is -0.121. The fourth-order valence-electron chi connectivity index (χ4n) is 4.36. The summed E-state index contributed by atoms with van der Waals surface area (Å²) in [6.07, 6.45) is 0.680. The lowest BCUT2D eigenvalue weighted by atomic mass is 9.84. The Kier molecular flexibility index (Phi) is 7.16. The number of hydrogen-bond donors (Lipinski definition) is 2. The van der Waals surface area contributed by atoms with Crippen molar-refractivity contribution in [2.75, 3.05) is 30.8 Å². The first kappa shape index (κ1) is 23.4. The van der Waals surface area contributed by atoms with Gasteiger partial charge in [0.1, 0.15) is 5.75 Å². The van der Waals surface area contributed by atoms with Gasteiger partial charge in [0.2, 0.25) is 5.91 Å². The van der Waals surface area contributed by atoms with Crippen molar-refractivity contribution in [2.24, 2.45) is 5.92 Å². The predicted molar refractivity (Wildman–Crippen MR) is 135 cm³/mol. The number of nitrogens with zero attached hydrogens (tertiary/aromatic N) is 1. The van der Waals surface area contributed by atoms with Crippen LogP contribution in [0.2, 0.25) is 0 Å². The van der Waals surface area contributed by atoms with Crippen LogP contribution in [0, 0.1) is 19.8 Å². The number of aryl methyl sites for hydroxylation is 2. The van der Waals surface area contributed by atoms with Crippen molar-refractivity contribution in [2.45, 2.75) is 26.2 Å². The number of urea groups is 1. The summed E-state index contributed by atoms with van der Waals surface area (Å²) in [5.74, 6) is 0.391. The average Bonchev–Trinajstić information content (AvgIpc) is 2.87. The number of piperidine rings is 1. The van der Waals surface area contributed by atoms with Crippen molar-refractivity contribution in [1.82, 2.24) is 4.90 Å². The molecule has 4 rings (SSSR count). The summed E-state index contributed by atoms with van der Waals surface area (Å²) in [6.45, 7) is 4.99. The quantitative estimate of drug-likeness (QED) is 0.525. The van der Waals surface area contributed by atoms with Crippen LogP contribution < -0.4 is 15.4 Å². The van der Waals surface area contributed by atoms with E-state index < -0.39 is 0 Å². The van der Waals surface area contributed by atoms with Gasteiger partial charge in [0, 0.05) is 30.4 Å². The Labute approximate surface area is 200 Å². The predicted octanol–water partition coefficient (Wildman–Crippen LogP) is 5.59. The van der Waals surface area contributed by atoms with Crippen LogP contribution in [0.4, 0.5) is 16.2 Å². The molecule has 34 heavy (non-hydrogen) atoms. The van der Waals surface area contributed by atoms with Crippen LogP contribution in [0.1, 0.15) is 29.0 Å². The molecule has 2 unspecified atom stereocenters. The van der Waals surface area contributed by atoms with Gasteiger partial charge in [-0.2, -0.15) is 0 Å². The molecule has 176 valence electrons. The van der Waals surface area contributed by atoms with Gasteiger partial charge in [-0.1, -0.05) is 36.4 Å².